The van der Waals surface area contributed by atoms with Crippen LogP contribution >= 0.6 is 0 Å². The maximum absolute atomic E-state index is 13.9. The van der Waals surface area contributed by atoms with E-state index in [0.717, 1.165) is 29.6 Å². The van der Waals surface area contributed by atoms with Crippen LogP contribution < -0.4 is 15.4 Å². The predicted octanol–water partition coefficient (Wildman–Crippen LogP) is 5.53. The number of nitrogens with two attached hydrogens (primary N) is 1. The summed E-state index contributed by atoms with van der Waals surface area (Å²) >= 11 is 0. The summed E-state index contributed by atoms with van der Waals surface area (Å²) < 4.78 is 45.9. The Kier molecular flexibility index (Phi) is 9.35. The van der Waals surface area contributed by atoms with Crippen molar-refractivity contribution in [1.29, 1.82) is 0 Å². The summed E-state index contributed by atoms with van der Waals surface area (Å²) in [6.07, 6.45) is -3.84. The molecule has 4 rings (SSSR count). The summed E-state index contributed by atoms with van der Waals surface area (Å²) in [6.45, 7) is 12.0. The van der Waals surface area contributed by atoms with Gasteiger partial charge < -0.3 is 20.3 Å². The van der Waals surface area contributed by atoms with Gasteiger partial charge in [-0.05, 0) is 67.6 Å². The molecule has 2 N–H and O–H groups in total. The van der Waals surface area contributed by atoms with Gasteiger partial charge in [0.2, 0.25) is 5.91 Å². The number of hydrogen-bond donors (Lipinski definition) is 1. The maximum Gasteiger partial charge on any atom is 0.416 e. The van der Waals surface area contributed by atoms with Crippen LogP contribution in [0.5, 0.6) is 5.75 Å². The van der Waals surface area contributed by atoms with Crippen molar-refractivity contribution >= 4 is 11.6 Å². The molecule has 2 heterocycles. The van der Waals surface area contributed by atoms with E-state index in [0.29, 0.717) is 50.7 Å². The Balaban J connectivity index is 1.50. The number of methoxy groups -OCH3 is 1. The second-order valence-corrected chi connectivity index (χ2v) is 11.9. The number of anilines is 1. The number of likely N-dealkylation sites (tertiary alicyclic amines) is 1. The highest BCUT2D eigenvalue weighted by Crippen LogP contribution is 2.38. The van der Waals surface area contributed by atoms with Crippen LogP contribution in [0.2, 0.25) is 0 Å². The smallest absolute Gasteiger partial charge is 0.416 e. The van der Waals surface area contributed by atoms with Crippen LogP contribution in [-0.4, -0.2) is 68.1 Å². The lowest BCUT2D eigenvalue weighted by Gasteiger charge is -2.39. The van der Waals surface area contributed by atoms with Gasteiger partial charge in [0.25, 0.3) is 0 Å². The van der Waals surface area contributed by atoms with Crippen LogP contribution in [0, 0.1) is 11.8 Å². The van der Waals surface area contributed by atoms with E-state index in [1.165, 1.54) is 6.07 Å². The van der Waals surface area contributed by atoms with Gasteiger partial charge in [-0.2, -0.15) is 13.2 Å². The van der Waals surface area contributed by atoms with Gasteiger partial charge in [-0.25, -0.2) is 0 Å². The van der Waals surface area contributed by atoms with E-state index in [-0.39, 0.29) is 23.7 Å². The second-order valence-electron chi connectivity index (χ2n) is 11.9. The normalized spacial score (nSPS) is 21.4. The quantitative estimate of drug-likeness (QED) is 0.460. The molecule has 1 amide bonds. The van der Waals surface area contributed by atoms with Crippen molar-refractivity contribution in [1.82, 2.24) is 9.80 Å². The highest BCUT2D eigenvalue weighted by atomic mass is 19.4. The van der Waals surface area contributed by atoms with E-state index in [1.807, 2.05) is 30.9 Å². The minimum absolute atomic E-state index is 0.0920. The number of rotatable bonds is 8. The standard InChI is InChI=1S/C31H43F3N4O2/c1-20(2)16-28(35)25-17-23(31(32,33)34)8-11-29(25)36-12-14-37(15-13-36)30(39)27-19-38(21(3)4)18-26(27)22-6-9-24(40-5)10-7-22/h6-11,17,20-21,26-28H,12-16,18-19,35H2,1-5H3/t26-,27+,28-/m0/s1. The van der Waals surface area contributed by atoms with Crippen LogP contribution in [-0.2, 0) is 11.0 Å². The maximum atomic E-state index is 13.9. The van der Waals surface area contributed by atoms with Gasteiger partial charge in [-0.1, -0.05) is 26.0 Å². The molecule has 2 fully saturated rings. The van der Waals surface area contributed by atoms with E-state index < -0.39 is 17.8 Å². The van der Waals surface area contributed by atoms with Crippen LogP contribution in [0.1, 0.15) is 62.8 Å². The van der Waals surface area contributed by atoms with Crippen molar-refractivity contribution in [3.63, 3.8) is 0 Å². The molecule has 6 nitrogen and oxygen atoms in total. The van der Waals surface area contributed by atoms with Gasteiger partial charge in [0, 0.05) is 63.0 Å². The third kappa shape index (κ3) is 6.74. The topological polar surface area (TPSA) is 62.0 Å². The van der Waals surface area contributed by atoms with Crippen LogP contribution in [0.15, 0.2) is 42.5 Å². The summed E-state index contributed by atoms with van der Waals surface area (Å²) in [5, 5.41) is 0. The zero-order valence-corrected chi connectivity index (χ0v) is 24.2. The van der Waals surface area contributed by atoms with Crippen molar-refractivity contribution < 1.29 is 22.7 Å². The summed E-state index contributed by atoms with van der Waals surface area (Å²) in [7, 11) is 1.64. The number of alkyl halides is 3. The Morgan fingerprint density at radius 2 is 1.65 bits per heavy atom. The third-order valence-electron chi connectivity index (χ3n) is 8.35. The Morgan fingerprint density at radius 1 is 1.00 bits per heavy atom. The highest BCUT2D eigenvalue weighted by molar-refractivity contribution is 5.81. The number of benzene rings is 2. The first-order chi connectivity index (χ1) is 18.9. The van der Waals surface area contributed by atoms with Crippen molar-refractivity contribution in [2.45, 2.75) is 58.3 Å². The Bertz CT molecular complexity index is 1140. The molecule has 0 saturated carbocycles. The summed E-state index contributed by atoms with van der Waals surface area (Å²) in [6, 6.07) is 11.7. The molecule has 0 aromatic heterocycles. The summed E-state index contributed by atoms with van der Waals surface area (Å²) in [5.74, 6) is 1.13. The molecule has 40 heavy (non-hydrogen) atoms. The molecule has 2 aliphatic heterocycles. The van der Waals surface area contributed by atoms with Crippen molar-refractivity contribution in [2.24, 2.45) is 17.6 Å². The third-order valence-corrected chi connectivity index (χ3v) is 8.35. The lowest BCUT2D eigenvalue weighted by atomic mass is 9.87. The fraction of sp³-hybridized carbons (Fsp3) is 0.581. The Labute approximate surface area is 236 Å². The molecule has 0 spiro atoms. The number of ether oxygens (including phenoxy) is 1. The van der Waals surface area contributed by atoms with Crippen LogP contribution in [0.3, 0.4) is 0 Å². The van der Waals surface area contributed by atoms with Crippen molar-refractivity contribution in [2.75, 3.05) is 51.3 Å². The molecule has 9 heteroatoms. The second kappa shape index (κ2) is 12.4. The van der Waals surface area contributed by atoms with E-state index in [2.05, 4.69) is 35.8 Å². The number of halogens is 3. The monoisotopic (exact) mass is 560 g/mol. The average molecular weight is 561 g/mol. The molecule has 2 saturated heterocycles. The number of carbonyl (C=O) groups is 1. The van der Waals surface area contributed by atoms with Crippen LogP contribution in [0.4, 0.5) is 18.9 Å². The molecule has 220 valence electrons. The van der Waals surface area contributed by atoms with Crippen molar-refractivity contribution in [3.05, 3.63) is 59.2 Å². The lowest BCUT2D eigenvalue weighted by molar-refractivity contribution is -0.138. The van der Waals surface area contributed by atoms with E-state index >= 15 is 0 Å². The first-order valence-electron chi connectivity index (χ1n) is 14.3. The number of piperazine rings is 1. The van der Waals surface area contributed by atoms with Gasteiger partial charge in [0.1, 0.15) is 5.75 Å². The molecule has 0 aliphatic carbocycles. The molecule has 2 aromatic carbocycles. The first kappa shape index (κ1) is 30.2. The minimum Gasteiger partial charge on any atom is -0.497 e. The van der Waals surface area contributed by atoms with E-state index in [9.17, 15) is 18.0 Å². The Hall–Kier alpha value is -2.78. The van der Waals surface area contributed by atoms with Gasteiger partial charge in [-0.15, -0.1) is 0 Å². The van der Waals surface area contributed by atoms with E-state index in [1.54, 1.807) is 13.2 Å². The molecule has 0 unspecified atom stereocenters. The molecular weight excluding hydrogens is 517 g/mol. The van der Waals surface area contributed by atoms with Gasteiger partial charge in [0.05, 0.1) is 18.6 Å². The molecule has 2 aromatic rings. The zero-order valence-electron chi connectivity index (χ0n) is 24.2. The SMILES string of the molecule is COc1ccc([C@@H]2CN(C(C)C)C[C@H]2C(=O)N2CCN(c3ccc(C(F)(F)F)cc3[C@@H](N)CC(C)C)CC2)cc1. The fourth-order valence-corrected chi connectivity index (χ4v) is 6.05. The summed E-state index contributed by atoms with van der Waals surface area (Å²) in [4.78, 5) is 20.2. The largest absolute Gasteiger partial charge is 0.497 e. The molecule has 0 bridgehead atoms. The number of nitrogens with zero attached hydrogens (tertiary/aromatic N) is 3. The number of hydrogen-bond acceptors (Lipinski definition) is 5. The number of carbonyl (C=O) groups excluding carboxylic acids is 1. The first-order valence-corrected chi connectivity index (χ1v) is 14.3. The molecule has 2 aliphatic rings. The number of amides is 1. The van der Waals surface area contributed by atoms with Gasteiger partial charge >= 0.3 is 6.18 Å². The summed E-state index contributed by atoms with van der Waals surface area (Å²) in [5.41, 5.74) is 8.13. The fourth-order valence-electron chi connectivity index (χ4n) is 6.05. The lowest BCUT2D eigenvalue weighted by Crippen LogP contribution is -2.51. The van der Waals surface area contributed by atoms with Crippen LogP contribution in [0.25, 0.3) is 0 Å². The molecule has 3 atom stereocenters. The van der Waals surface area contributed by atoms with Gasteiger partial charge in [0.15, 0.2) is 0 Å². The molecular formula is C31H43F3N4O2. The zero-order chi connectivity index (χ0) is 29.2. The average Bonchev–Trinajstić information content (AvgIpc) is 3.37. The molecule has 0 radical (unpaired) electrons. The van der Waals surface area contributed by atoms with Gasteiger partial charge in [-0.3, -0.25) is 9.69 Å². The van der Waals surface area contributed by atoms with Crippen molar-refractivity contribution in [3.8, 4) is 5.75 Å². The minimum atomic E-state index is -4.43. The van der Waals surface area contributed by atoms with E-state index in [4.69, 9.17) is 10.5 Å². The highest BCUT2D eigenvalue weighted by Gasteiger charge is 2.42. The Morgan fingerprint density at radius 3 is 2.20 bits per heavy atom. The predicted molar refractivity (Wildman–Crippen MR) is 153 cm³/mol.